The normalized spacial score (nSPS) is 11.6. The minimum Gasteiger partial charge on any atom is -0.465 e. The molecule has 1 N–H and O–H groups in total. The smallest absolute Gasteiger partial charge is 0.350 e. The average Bonchev–Trinajstić information content (AvgIpc) is 2.99. The zero-order valence-electron chi connectivity index (χ0n) is 14.1. The highest BCUT2D eigenvalue weighted by Crippen LogP contribution is 2.23. The number of ether oxygens (including phenoxy) is 1. The van der Waals surface area contributed by atoms with Crippen LogP contribution in [0.3, 0.4) is 0 Å². The van der Waals surface area contributed by atoms with Gasteiger partial charge in [0.05, 0.1) is 24.1 Å². The van der Waals surface area contributed by atoms with Gasteiger partial charge in [-0.1, -0.05) is 22.9 Å². The van der Waals surface area contributed by atoms with E-state index in [2.05, 4.69) is 15.5 Å². The van der Waals surface area contributed by atoms with Crippen LogP contribution in [0.5, 0.6) is 0 Å². The minimum atomic E-state index is -0.506. The lowest BCUT2D eigenvalue weighted by Gasteiger charge is -2.03. The third-order valence-electron chi connectivity index (χ3n) is 3.57. The third-order valence-corrected chi connectivity index (χ3v) is 4.85. The third kappa shape index (κ3) is 3.61. The van der Waals surface area contributed by atoms with Crippen molar-refractivity contribution in [3.8, 4) is 0 Å². The second-order valence-electron chi connectivity index (χ2n) is 5.36. The maximum atomic E-state index is 12.2. The summed E-state index contributed by atoms with van der Waals surface area (Å²) in [6, 6.07) is 6.66. The Kier molecular flexibility index (Phi) is 5.06. The molecule has 0 aliphatic rings. The number of methoxy groups -OCH3 is 1. The number of nitrogens with zero attached hydrogens (tertiary/aromatic N) is 2. The number of nitrogens with one attached hydrogen (secondary N) is 1. The number of fused-ring (bicyclic) bond motifs is 1. The van der Waals surface area contributed by atoms with Gasteiger partial charge >= 0.3 is 11.6 Å². The van der Waals surface area contributed by atoms with E-state index in [0.717, 1.165) is 11.3 Å². The van der Waals surface area contributed by atoms with Crippen LogP contribution < -0.4 is 11.1 Å². The molecule has 0 aliphatic carbocycles. The number of aromatic nitrogens is 1. The summed E-state index contributed by atoms with van der Waals surface area (Å²) < 4.78 is 9.99. The van der Waals surface area contributed by atoms with E-state index in [9.17, 15) is 9.59 Å². The van der Waals surface area contributed by atoms with Crippen LogP contribution >= 0.6 is 22.9 Å². The maximum Gasteiger partial charge on any atom is 0.350 e. The van der Waals surface area contributed by atoms with Gasteiger partial charge in [0.1, 0.15) is 10.5 Å². The number of hydrogen-bond donors (Lipinski definition) is 1. The lowest BCUT2D eigenvalue weighted by molar-refractivity contribution is 0.0605. The lowest BCUT2D eigenvalue weighted by Crippen LogP contribution is -2.13. The molecule has 2 aromatic heterocycles. The monoisotopic (exact) mass is 391 g/mol. The summed E-state index contributed by atoms with van der Waals surface area (Å²) in [6.07, 6.45) is 0. The van der Waals surface area contributed by atoms with Crippen LogP contribution in [0, 0.1) is 6.92 Å². The Balaban J connectivity index is 1.90. The Bertz CT molecular complexity index is 1090. The van der Waals surface area contributed by atoms with Crippen molar-refractivity contribution in [2.75, 3.05) is 12.5 Å². The predicted octanol–water partition coefficient (Wildman–Crippen LogP) is 3.83. The van der Waals surface area contributed by atoms with Gasteiger partial charge in [0.25, 0.3) is 0 Å². The van der Waals surface area contributed by atoms with E-state index in [0.29, 0.717) is 43.0 Å². The van der Waals surface area contributed by atoms with Crippen molar-refractivity contribution >= 4 is 50.7 Å². The molecule has 0 bridgehead atoms. The van der Waals surface area contributed by atoms with Crippen LogP contribution in [0.2, 0.25) is 5.02 Å². The molecule has 0 amide bonds. The molecule has 0 unspecified atom stereocenters. The zero-order chi connectivity index (χ0) is 18.8. The molecule has 0 atom stereocenters. The van der Waals surface area contributed by atoms with Crippen molar-refractivity contribution in [3.05, 3.63) is 55.8 Å². The number of esters is 1. The highest BCUT2D eigenvalue weighted by molar-refractivity contribution is 7.17. The molecule has 0 aliphatic heterocycles. The van der Waals surface area contributed by atoms with Gasteiger partial charge in [0.15, 0.2) is 0 Å². The van der Waals surface area contributed by atoms with Crippen molar-refractivity contribution in [1.29, 1.82) is 0 Å². The standard InChI is InChI=1S/C17H14ClN3O4S/c1-8(20-21-17-19-9(2)14(26-17)16(23)24-3)12-7-10-6-11(18)4-5-13(10)25-15(12)22/h4-7H,1-3H3,(H,19,21)/b20-8+. The summed E-state index contributed by atoms with van der Waals surface area (Å²) in [5, 5.41) is 5.81. The molecule has 0 saturated heterocycles. The molecule has 134 valence electrons. The fraction of sp³-hybridized carbons (Fsp3) is 0.176. The van der Waals surface area contributed by atoms with E-state index in [4.69, 9.17) is 20.8 Å². The maximum absolute atomic E-state index is 12.2. The molecule has 9 heteroatoms. The van der Waals surface area contributed by atoms with E-state index >= 15 is 0 Å². The van der Waals surface area contributed by atoms with Crippen LogP contribution in [0.1, 0.15) is 27.9 Å². The molecule has 2 heterocycles. The number of halogens is 1. The van der Waals surface area contributed by atoms with Gasteiger partial charge in [-0.15, -0.1) is 0 Å². The van der Waals surface area contributed by atoms with E-state index in [-0.39, 0.29) is 0 Å². The highest BCUT2D eigenvalue weighted by Gasteiger charge is 2.15. The zero-order valence-corrected chi connectivity index (χ0v) is 15.7. The number of rotatable bonds is 4. The minimum absolute atomic E-state index is 0.300. The number of carbonyl (C=O) groups excluding carboxylic acids is 1. The van der Waals surface area contributed by atoms with Crippen molar-refractivity contribution in [2.24, 2.45) is 5.10 Å². The van der Waals surface area contributed by atoms with Crippen LogP contribution in [-0.2, 0) is 4.74 Å². The number of anilines is 1. The van der Waals surface area contributed by atoms with Gasteiger partial charge in [0.2, 0.25) is 5.13 Å². The first kappa shape index (κ1) is 18.1. The van der Waals surface area contributed by atoms with Gasteiger partial charge in [-0.25, -0.2) is 14.6 Å². The molecule has 26 heavy (non-hydrogen) atoms. The van der Waals surface area contributed by atoms with Crippen LogP contribution in [-0.4, -0.2) is 23.8 Å². The number of benzene rings is 1. The first-order valence-electron chi connectivity index (χ1n) is 7.49. The Morgan fingerprint density at radius 3 is 2.88 bits per heavy atom. The topological polar surface area (TPSA) is 93.8 Å². The first-order chi connectivity index (χ1) is 12.4. The summed E-state index contributed by atoms with van der Waals surface area (Å²) in [5.74, 6) is -0.458. The molecule has 0 spiro atoms. The van der Waals surface area contributed by atoms with Gasteiger partial charge in [0, 0.05) is 10.4 Å². The van der Waals surface area contributed by atoms with E-state index in [1.54, 1.807) is 38.1 Å². The SMILES string of the molecule is COC(=O)c1sc(N/N=C(\C)c2cc3cc(Cl)ccc3oc2=O)nc1C. The van der Waals surface area contributed by atoms with E-state index in [1.807, 2.05) is 0 Å². The van der Waals surface area contributed by atoms with Crippen LogP contribution in [0.4, 0.5) is 5.13 Å². The molecule has 0 saturated carbocycles. The summed E-state index contributed by atoms with van der Waals surface area (Å²) in [5.41, 5.74) is 3.94. The second kappa shape index (κ2) is 7.27. The second-order valence-corrected chi connectivity index (χ2v) is 6.80. The van der Waals surface area contributed by atoms with Gasteiger partial charge in [-0.3, -0.25) is 5.43 Å². The highest BCUT2D eigenvalue weighted by atomic mass is 35.5. The number of carbonyl (C=O) groups is 1. The molecule has 1 aromatic carbocycles. The quantitative estimate of drug-likeness (QED) is 0.314. The Morgan fingerprint density at radius 2 is 2.15 bits per heavy atom. The number of aryl methyl sites for hydroxylation is 1. The Hall–Kier alpha value is -2.71. The summed E-state index contributed by atoms with van der Waals surface area (Å²) in [4.78, 5) is 28.4. The summed E-state index contributed by atoms with van der Waals surface area (Å²) in [6.45, 7) is 3.36. The summed E-state index contributed by atoms with van der Waals surface area (Å²) >= 11 is 7.09. The molecular formula is C17H14ClN3O4S. The average molecular weight is 392 g/mol. The molecule has 3 aromatic rings. The van der Waals surface area contributed by atoms with E-state index < -0.39 is 11.6 Å². The molecule has 0 radical (unpaired) electrons. The lowest BCUT2D eigenvalue weighted by atomic mass is 10.1. The van der Waals surface area contributed by atoms with Gasteiger partial charge in [-0.2, -0.15) is 5.10 Å². The van der Waals surface area contributed by atoms with Crippen molar-refractivity contribution in [2.45, 2.75) is 13.8 Å². The van der Waals surface area contributed by atoms with Gasteiger partial charge in [-0.05, 0) is 38.1 Å². The Morgan fingerprint density at radius 1 is 1.38 bits per heavy atom. The predicted molar refractivity (Wildman–Crippen MR) is 102 cm³/mol. The summed E-state index contributed by atoms with van der Waals surface area (Å²) in [7, 11) is 1.31. The van der Waals surface area contributed by atoms with Crippen molar-refractivity contribution < 1.29 is 13.9 Å². The van der Waals surface area contributed by atoms with Crippen LogP contribution in [0.25, 0.3) is 11.0 Å². The van der Waals surface area contributed by atoms with Crippen molar-refractivity contribution in [1.82, 2.24) is 4.98 Å². The fourth-order valence-electron chi connectivity index (χ4n) is 2.26. The van der Waals surface area contributed by atoms with Crippen LogP contribution in [0.15, 0.2) is 38.6 Å². The molecule has 7 nitrogen and oxygen atoms in total. The largest absolute Gasteiger partial charge is 0.465 e. The number of thiazole rings is 1. The number of hydrazone groups is 1. The van der Waals surface area contributed by atoms with Gasteiger partial charge < -0.3 is 9.15 Å². The number of hydrogen-bond acceptors (Lipinski definition) is 8. The molecular weight excluding hydrogens is 378 g/mol. The fourth-order valence-corrected chi connectivity index (χ4v) is 3.27. The van der Waals surface area contributed by atoms with Crippen molar-refractivity contribution in [3.63, 3.8) is 0 Å². The van der Waals surface area contributed by atoms with E-state index in [1.165, 1.54) is 7.11 Å². The Labute approximate surface area is 157 Å². The molecule has 0 fully saturated rings. The molecule has 3 rings (SSSR count). The first-order valence-corrected chi connectivity index (χ1v) is 8.68.